The third-order valence-corrected chi connectivity index (χ3v) is 3.48. The predicted octanol–water partition coefficient (Wildman–Crippen LogP) is 3.07. The fraction of sp³-hybridized carbons (Fsp3) is 0.158. The summed E-state index contributed by atoms with van der Waals surface area (Å²) in [6.07, 6.45) is 1.34. The maximum Gasteiger partial charge on any atom is 0.359 e. The molecule has 25 heavy (non-hydrogen) atoms. The lowest BCUT2D eigenvalue weighted by Crippen LogP contribution is -2.15. The van der Waals surface area contributed by atoms with Crippen molar-refractivity contribution in [1.82, 2.24) is 9.97 Å². The zero-order valence-electron chi connectivity index (χ0n) is 13.6. The van der Waals surface area contributed by atoms with Crippen molar-refractivity contribution in [3.05, 3.63) is 66.0 Å². The number of hydrogen-bond acceptors (Lipinski definition) is 6. The first kappa shape index (κ1) is 16.6. The van der Waals surface area contributed by atoms with Crippen LogP contribution < -0.4 is 4.74 Å². The van der Waals surface area contributed by atoms with Crippen molar-refractivity contribution in [2.45, 2.75) is 6.92 Å². The first-order valence-corrected chi connectivity index (χ1v) is 7.82. The molecule has 0 saturated heterocycles. The van der Waals surface area contributed by atoms with E-state index in [9.17, 15) is 9.59 Å². The summed E-state index contributed by atoms with van der Waals surface area (Å²) in [6.45, 7) is 2.08. The van der Waals surface area contributed by atoms with Crippen LogP contribution in [-0.2, 0) is 4.74 Å². The Hall–Kier alpha value is -3.28. The summed E-state index contributed by atoms with van der Waals surface area (Å²) < 4.78 is 10.4. The fourth-order valence-corrected chi connectivity index (χ4v) is 2.25. The number of carbonyl (C=O) groups excluding carboxylic acids is 2. The van der Waals surface area contributed by atoms with Gasteiger partial charge in [-0.1, -0.05) is 12.1 Å². The van der Waals surface area contributed by atoms with Gasteiger partial charge in [-0.25, -0.2) is 9.78 Å². The summed E-state index contributed by atoms with van der Waals surface area (Å²) in [6, 6.07) is 13.9. The van der Waals surface area contributed by atoms with Gasteiger partial charge in [-0.15, -0.1) is 0 Å². The summed E-state index contributed by atoms with van der Waals surface area (Å²) in [7, 11) is 0. The van der Waals surface area contributed by atoms with Crippen molar-refractivity contribution in [2.75, 3.05) is 13.2 Å². The molecule has 0 atom stereocenters. The normalized spacial score (nSPS) is 10.4. The van der Waals surface area contributed by atoms with E-state index in [1.807, 2.05) is 19.1 Å². The molecule has 0 spiro atoms. The van der Waals surface area contributed by atoms with Crippen molar-refractivity contribution >= 4 is 22.8 Å². The van der Waals surface area contributed by atoms with Gasteiger partial charge in [0.25, 0.3) is 0 Å². The highest BCUT2D eigenvalue weighted by atomic mass is 16.5. The molecule has 0 aliphatic heterocycles. The molecule has 126 valence electrons. The Balaban J connectivity index is 1.63. The molecule has 0 bridgehead atoms. The van der Waals surface area contributed by atoms with Crippen LogP contribution >= 0.6 is 0 Å². The van der Waals surface area contributed by atoms with Crippen molar-refractivity contribution in [1.29, 1.82) is 0 Å². The zero-order valence-corrected chi connectivity index (χ0v) is 13.6. The molecule has 3 aromatic rings. The minimum absolute atomic E-state index is 0.0678. The van der Waals surface area contributed by atoms with Gasteiger partial charge in [0.05, 0.1) is 23.8 Å². The molecule has 6 nitrogen and oxygen atoms in total. The van der Waals surface area contributed by atoms with E-state index in [2.05, 4.69) is 9.97 Å². The number of benzene rings is 2. The summed E-state index contributed by atoms with van der Waals surface area (Å²) in [4.78, 5) is 32.5. The first-order chi connectivity index (χ1) is 12.2. The average Bonchev–Trinajstić information content (AvgIpc) is 2.66. The van der Waals surface area contributed by atoms with Crippen LogP contribution in [0.4, 0.5) is 0 Å². The van der Waals surface area contributed by atoms with Gasteiger partial charge < -0.3 is 9.47 Å². The Morgan fingerprint density at radius 2 is 1.72 bits per heavy atom. The Bertz CT molecular complexity index is 907. The Kier molecular flexibility index (Phi) is 4.99. The number of aromatic nitrogens is 2. The monoisotopic (exact) mass is 336 g/mol. The summed E-state index contributed by atoms with van der Waals surface area (Å²) in [5.74, 6) is -0.301. The van der Waals surface area contributed by atoms with Gasteiger partial charge in [-0.05, 0) is 43.3 Å². The van der Waals surface area contributed by atoms with E-state index in [0.29, 0.717) is 29.0 Å². The van der Waals surface area contributed by atoms with Crippen LogP contribution in [0.15, 0.2) is 54.7 Å². The molecule has 0 saturated carbocycles. The smallest absolute Gasteiger partial charge is 0.359 e. The predicted molar refractivity (Wildman–Crippen MR) is 91.8 cm³/mol. The summed E-state index contributed by atoms with van der Waals surface area (Å²) in [5, 5.41) is 0. The van der Waals surface area contributed by atoms with Gasteiger partial charge in [0.2, 0.25) is 0 Å². The number of esters is 1. The minimum Gasteiger partial charge on any atom is -0.494 e. The molecule has 0 aliphatic rings. The number of fused-ring (bicyclic) bond motifs is 1. The Morgan fingerprint density at radius 3 is 2.44 bits per heavy atom. The number of rotatable bonds is 6. The van der Waals surface area contributed by atoms with E-state index in [1.165, 1.54) is 6.20 Å². The first-order valence-electron chi connectivity index (χ1n) is 7.82. The molecule has 6 heteroatoms. The van der Waals surface area contributed by atoms with E-state index in [4.69, 9.17) is 9.47 Å². The number of ketones is 1. The number of hydrogen-bond donors (Lipinski definition) is 0. The van der Waals surface area contributed by atoms with Gasteiger partial charge in [0, 0.05) is 5.56 Å². The van der Waals surface area contributed by atoms with E-state index in [1.54, 1.807) is 36.4 Å². The largest absolute Gasteiger partial charge is 0.494 e. The maximum atomic E-state index is 12.1. The van der Waals surface area contributed by atoms with Crippen LogP contribution in [0.1, 0.15) is 27.8 Å². The van der Waals surface area contributed by atoms with Crippen molar-refractivity contribution in [3.63, 3.8) is 0 Å². The molecule has 2 aromatic carbocycles. The highest BCUT2D eigenvalue weighted by Gasteiger charge is 2.14. The van der Waals surface area contributed by atoms with E-state index < -0.39 is 5.97 Å². The van der Waals surface area contributed by atoms with Crippen molar-refractivity contribution < 1.29 is 19.1 Å². The highest BCUT2D eigenvalue weighted by Crippen LogP contribution is 2.13. The SMILES string of the molecule is CCOc1ccc(C(=O)COC(=O)c2cnc3ccccc3n2)cc1. The molecule has 1 heterocycles. The molecule has 0 unspecified atom stereocenters. The lowest BCUT2D eigenvalue weighted by atomic mass is 10.1. The minimum atomic E-state index is -0.683. The summed E-state index contributed by atoms with van der Waals surface area (Å²) >= 11 is 0. The van der Waals surface area contributed by atoms with Crippen LogP contribution in [0.5, 0.6) is 5.75 Å². The standard InChI is InChI=1S/C19H16N2O4/c1-2-24-14-9-7-13(8-10-14)18(22)12-25-19(23)17-11-20-15-5-3-4-6-16(15)21-17/h3-11H,2,12H2,1H3. The molecule has 0 radical (unpaired) electrons. The molecular formula is C19H16N2O4. The Morgan fingerprint density at radius 1 is 1.00 bits per heavy atom. The fourth-order valence-electron chi connectivity index (χ4n) is 2.25. The second-order valence-corrected chi connectivity index (χ2v) is 5.20. The van der Waals surface area contributed by atoms with E-state index in [0.717, 1.165) is 0 Å². The van der Waals surface area contributed by atoms with E-state index in [-0.39, 0.29) is 18.1 Å². The molecular weight excluding hydrogens is 320 g/mol. The van der Waals surface area contributed by atoms with Crippen LogP contribution in [-0.4, -0.2) is 34.9 Å². The van der Waals surface area contributed by atoms with Crippen LogP contribution in [0.3, 0.4) is 0 Å². The van der Waals surface area contributed by atoms with Gasteiger partial charge >= 0.3 is 5.97 Å². The van der Waals surface area contributed by atoms with Crippen molar-refractivity contribution in [3.8, 4) is 5.75 Å². The van der Waals surface area contributed by atoms with Gasteiger partial charge in [0.15, 0.2) is 18.1 Å². The molecule has 1 aromatic heterocycles. The second-order valence-electron chi connectivity index (χ2n) is 5.20. The topological polar surface area (TPSA) is 78.4 Å². The van der Waals surface area contributed by atoms with Crippen LogP contribution in [0, 0.1) is 0 Å². The molecule has 0 amide bonds. The number of ether oxygens (including phenoxy) is 2. The molecule has 0 aliphatic carbocycles. The lowest BCUT2D eigenvalue weighted by Gasteiger charge is -2.06. The number of Topliss-reactive ketones (excluding diaryl/α,β-unsaturated/α-hetero) is 1. The van der Waals surface area contributed by atoms with Crippen LogP contribution in [0.25, 0.3) is 11.0 Å². The maximum absolute atomic E-state index is 12.1. The van der Waals surface area contributed by atoms with E-state index >= 15 is 0 Å². The molecule has 0 fully saturated rings. The quantitative estimate of drug-likeness (QED) is 0.508. The van der Waals surface area contributed by atoms with Gasteiger partial charge in [-0.2, -0.15) is 0 Å². The number of nitrogens with zero attached hydrogens (tertiary/aromatic N) is 2. The third-order valence-electron chi connectivity index (χ3n) is 3.48. The molecule has 0 N–H and O–H groups in total. The summed E-state index contributed by atoms with van der Waals surface area (Å²) in [5.41, 5.74) is 1.79. The number of carbonyl (C=O) groups is 2. The Labute approximate surface area is 144 Å². The van der Waals surface area contributed by atoms with Crippen LogP contribution in [0.2, 0.25) is 0 Å². The average molecular weight is 336 g/mol. The van der Waals surface area contributed by atoms with Gasteiger partial charge in [-0.3, -0.25) is 9.78 Å². The number of para-hydroxylation sites is 2. The lowest BCUT2D eigenvalue weighted by molar-refractivity contribution is 0.0469. The third kappa shape index (κ3) is 3.98. The van der Waals surface area contributed by atoms with Crippen molar-refractivity contribution in [2.24, 2.45) is 0 Å². The highest BCUT2D eigenvalue weighted by molar-refractivity contribution is 5.99. The molecule has 3 rings (SSSR count). The van der Waals surface area contributed by atoms with Gasteiger partial charge in [0.1, 0.15) is 5.75 Å². The zero-order chi connectivity index (χ0) is 17.6. The second kappa shape index (κ2) is 7.53.